The molecular weight excluding hydrogens is 280 g/mol. The molecule has 0 aromatic carbocycles. The molecule has 0 aliphatic rings. The van der Waals surface area contributed by atoms with Gasteiger partial charge in [0.1, 0.15) is 4.88 Å². The number of ether oxygens (including phenoxy) is 2. The molecule has 1 amide bonds. The number of nitrogens with zero attached hydrogens (tertiary/aromatic N) is 1. The lowest BCUT2D eigenvalue weighted by Crippen LogP contribution is -2.10. The van der Waals surface area contributed by atoms with Gasteiger partial charge >= 0.3 is 5.97 Å². The minimum Gasteiger partial charge on any atom is -0.481 e. The number of thiophene rings is 1. The highest BCUT2D eigenvalue weighted by Crippen LogP contribution is 2.19. The molecule has 0 bridgehead atoms. The van der Waals surface area contributed by atoms with Crippen molar-refractivity contribution in [2.24, 2.45) is 0 Å². The van der Waals surface area contributed by atoms with Crippen LogP contribution < -0.4 is 10.1 Å². The van der Waals surface area contributed by atoms with Gasteiger partial charge in [0, 0.05) is 6.07 Å². The van der Waals surface area contributed by atoms with Gasteiger partial charge < -0.3 is 14.8 Å². The van der Waals surface area contributed by atoms with Crippen LogP contribution in [-0.4, -0.2) is 31.1 Å². The third kappa shape index (κ3) is 3.12. The molecule has 0 spiro atoms. The van der Waals surface area contributed by atoms with E-state index in [2.05, 4.69) is 15.0 Å². The first-order valence-corrected chi connectivity index (χ1v) is 6.45. The quantitative estimate of drug-likeness (QED) is 0.874. The van der Waals surface area contributed by atoms with Crippen molar-refractivity contribution in [3.8, 4) is 5.88 Å². The lowest BCUT2D eigenvalue weighted by molar-refractivity contribution is 0.0606. The number of amides is 1. The molecule has 1 N–H and O–H groups in total. The van der Waals surface area contributed by atoms with Crippen molar-refractivity contribution >= 4 is 28.9 Å². The zero-order chi connectivity index (χ0) is 14.5. The molecule has 104 valence electrons. The number of aromatic nitrogens is 1. The van der Waals surface area contributed by atoms with Crippen LogP contribution in [0.15, 0.2) is 30.5 Å². The number of esters is 1. The van der Waals surface area contributed by atoms with Gasteiger partial charge in [0.25, 0.3) is 5.91 Å². The Morgan fingerprint density at radius 3 is 2.50 bits per heavy atom. The van der Waals surface area contributed by atoms with Gasteiger partial charge in [0.2, 0.25) is 5.88 Å². The Balaban J connectivity index is 2.07. The third-order valence-electron chi connectivity index (χ3n) is 2.42. The Labute approximate surface area is 119 Å². The van der Waals surface area contributed by atoms with E-state index < -0.39 is 5.97 Å². The van der Waals surface area contributed by atoms with Gasteiger partial charge in [0.15, 0.2) is 0 Å². The van der Waals surface area contributed by atoms with Crippen molar-refractivity contribution in [3.05, 3.63) is 40.2 Å². The van der Waals surface area contributed by atoms with Crippen molar-refractivity contribution < 1.29 is 19.1 Å². The van der Waals surface area contributed by atoms with E-state index in [1.165, 1.54) is 20.4 Å². The number of carbonyl (C=O) groups excluding carboxylic acids is 2. The number of carbonyl (C=O) groups is 2. The summed E-state index contributed by atoms with van der Waals surface area (Å²) < 4.78 is 9.52. The van der Waals surface area contributed by atoms with Gasteiger partial charge in [-0.15, -0.1) is 11.3 Å². The standard InChI is InChI=1S/C13H12N2O4S/c1-18-11-6-3-8(7-14-11)15-12(16)9-4-5-10(20-9)13(17)19-2/h3-7H,1-2H3,(H,15,16). The maximum atomic E-state index is 12.0. The minimum atomic E-state index is -0.458. The van der Waals surface area contributed by atoms with Crippen LogP contribution in [0, 0.1) is 0 Å². The summed E-state index contributed by atoms with van der Waals surface area (Å²) >= 11 is 1.07. The van der Waals surface area contributed by atoms with Crippen LogP contribution in [0.5, 0.6) is 5.88 Å². The molecule has 0 radical (unpaired) electrons. The average molecular weight is 292 g/mol. The van der Waals surface area contributed by atoms with E-state index in [1.54, 1.807) is 24.3 Å². The van der Waals surface area contributed by atoms with Crippen molar-refractivity contribution in [3.63, 3.8) is 0 Å². The fraction of sp³-hybridized carbons (Fsp3) is 0.154. The summed E-state index contributed by atoms with van der Waals surface area (Å²) in [6.45, 7) is 0. The average Bonchev–Trinajstić information content (AvgIpc) is 2.97. The number of nitrogens with one attached hydrogen (secondary N) is 1. The number of anilines is 1. The Morgan fingerprint density at radius 2 is 1.90 bits per heavy atom. The Kier molecular flexibility index (Phi) is 4.31. The highest BCUT2D eigenvalue weighted by atomic mass is 32.1. The second-order valence-corrected chi connectivity index (χ2v) is 4.78. The van der Waals surface area contributed by atoms with Crippen LogP contribution in [-0.2, 0) is 4.74 Å². The topological polar surface area (TPSA) is 77.5 Å². The largest absolute Gasteiger partial charge is 0.481 e. The van der Waals surface area contributed by atoms with Crippen molar-refractivity contribution in [1.29, 1.82) is 0 Å². The van der Waals surface area contributed by atoms with E-state index in [0.29, 0.717) is 21.3 Å². The number of rotatable bonds is 4. The van der Waals surface area contributed by atoms with Crippen LogP contribution in [0.25, 0.3) is 0 Å². The molecule has 2 aromatic rings. The summed E-state index contributed by atoms with van der Waals surface area (Å²) in [6.07, 6.45) is 1.49. The molecule has 0 atom stereocenters. The predicted molar refractivity (Wildman–Crippen MR) is 74.4 cm³/mol. The third-order valence-corrected chi connectivity index (χ3v) is 3.48. The van der Waals surface area contributed by atoms with Gasteiger partial charge in [-0.1, -0.05) is 0 Å². The molecule has 2 aromatic heterocycles. The Hall–Kier alpha value is -2.41. The molecule has 20 heavy (non-hydrogen) atoms. The first-order chi connectivity index (χ1) is 9.63. The van der Waals surface area contributed by atoms with Crippen LogP contribution in [0.4, 0.5) is 5.69 Å². The van der Waals surface area contributed by atoms with E-state index in [0.717, 1.165) is 11.3 Å². The van der Waals surface area contributed by atoms with E-state index in [4.69, 9.17) is 4.74 Å². The highest BCUT2D eigenvalue weighted by Gasteiger charge is 2.14. The zero-order valence-corrected chi connectivity index (χ0v) is 11.7. The van der Waals surface area contributed by atoms with Crippen LogP contribution in [0.1, 0.15) is 19.3 Å². The fourth-order valence-electron chi connectivity index (χ4n) is 1.44. The van der Waals surface area contributed by atoms with E-state index in [-0.39, 0.29) is 5.91 Å². The minimum absolute atomic E-state index is 0.308. The van der Waals surface area contributed by atoms with Crippen molar-refractivity contribution in [1.82, 2.24) is 4.98 Å². The molecule has 0 saturated heterocycles. The summed E-state index contributed by atoms with van der Waals surface area (Å²) in [4.78, 5) is 28.1. The molecular formula is C13H12N2O4S. The molecule has 7 heteroatoms. The van der Waals surface area contributed by atoms with E-state index >= 15 is 0 Å². The predicted octanol–water partition coefficient (Wildman–Crippen LogP) is 2.19. The molecule has 0 aliphatic carbocycles. The lowest BCUT2D eigenvalue weighted by atomic mass is 10.3. The summed E-state index contributed by atoms with van der Waals surface area (Å²) in [6, 6.07) is 6.45. The highest BCUT2D eigenvalue weighted by molar-refractivity contribution is 7.16. The normalized spacial score (nSPS) is 9.90. The monoisotopic (exact) mass is 292 g/mol. The Morgan fingerprint density at radius 1 is 1.15 bits per heavy atom. The van der Waals surface area contributed by atoms with Gasteiger partial charge in [-0.05, 0) is 18.2 Å². The van der Waals surface area contributed by atoms with Crippen molar-refractivity contribution in [2.45, 2.75) is 0 Å². The van der Waals surface area contributed by atoms with Gasteiger partial charge in [-0.3, -0.25) is 4.79 Å². The maximum absolute atomic E-state index is 12.0. The van der Waals surface area contributed by atoms with Crippen LogP contribution in [0.2, 0.25) is 0 Å². The molecule has 0 fully saturated rings. The molecule has 0 saturated carbocycles. The second-order valence-electron chi connectivity index (χ2n) is 3.70. The van der Waals surface area contributed by atoms with Gasteiger partial charge in [-0.25, -0.2) is 9.78 Å². The van der Waals surface area contributed by atoms with Crippen molar-refractivity contribution in [2.75, 3.05) is 19.5 Å². The molecule has 0 aliphatic heterocycles. The Bertz CT molecular complexity index is 622. The summed E-state index contributed by atoms with van der Waals surface area (Å²) in [5.74, 6) is -0.301. The first-order valence-electron chi connectivity index (χ1n) is 5.63. The molecule has 2 heterocycles. The molecule has 2 rings (SSSR count). The second kappa shape index (κ2) is 6.16. The summed E-state index contributed by atoms with van der Waals surface area (Å²) in [7, 11) is 2.81. The molecule has 0 unspecified atom stereocenters. The zero-order valence-electron chi connectivity index (χ0n) is 10.9. The molecule has 6 nitrogen and oxygen atoms in total. The van der Waals surface area contributed by atoms with E-state index in [1.807, 2.05) is 0 Å². The lowest BCUT2D eigenvalue weighted by Gasteiger charge is -2.03. The van der Waals surface area contributed by atoms with E-state index in [9.17, 15) is 9.59 Å². The number of methoxy groups -OCH3 is 2. The number of pyridine rings is 1. The SMILES string of the molecule is COC(=O)c1ccc(C(=O)Nc2ccc(OC)nc2)s1. The summed E-state index contributed by atoms with van der Waals surface area (Å²) in [5, 5.41) is 2.68. The first kappa shape index (κ1) is 14.0. The summed E-state index contributed by atoms with van der Waals surface area (Å²) in [5.41, 5.74) is 0.545. The smallest absolute Gasteiger partial charge is 0.348 e. The fourth-order valence-corrected chi connectivity index (χ4v) is 2.26. The van der Waals surface area contributed by atoms with Crippen LogP contribution in [0.3, 0.4) is 0 Å². The number of hydrogen-bond donors (Lipinski definition) is 1. The van der Waals surface area contributed by atoms with Gasteiger partial charge in [0.05, 0.1) is 31.0 Å². The van der Waals surface area contributed by atoms with Crippen LogP contribution >= 0.6 is 11.3 Å². The van der Waals surface area contributed by atoms with Gasteiger partial charge in [-0.2, -0.15) is 0 Å². The maximum Gasteiger partial charge on any atom is 0.348 e. The number of hydrogen-bond acceptors (Lipinski definition) is 6.